The summed E-state index contributed by atoms with van der Waals surface area (Å²) in [5.41, 5.74) is 2.06. The van der Waals surface area contributed by atoms with Crippen LogP contribution >= 0.6 is 15.9 Å². The second-order valence-electron chi connectivity index (χ2n) is 4.22. The molecule has 1 heterocycles. The van der Waals surface area contributed by atoms with Crippen LogP contribution in [0.15, 0.2) is 47.2 Å². The summed E-state index contributed by atoms with van der Waals surface area (Å²) < 4.78 is 15.7. The SMILES string of the molecule is O=C(O)c1ccc2c(c1)ncn2-c1ccc(Br)c(F)c1. The molecule has 20 heavy (non-hydrogen) atoms. The smallest absolute Gasteiger partial charge is 0.335 e. The van der Waals surface area contributed by atoms with E-state index >= 15 is 0 Å². The van der Waals surface area contributed by atoms with Crippen molar-refractivity contribution in [1.29, 1.82) is 0 Å². The van der Waals surface area contributed by atoms with E-state index in [1.165, 1.54) is 18.2 Å². The summed E-state index contributed by atoms with van der Waals surface area (Å²) in [6, 6.07) is 9.39. The number of aromatic nitrogens is 2. The molecule has 1 N–H and O–H groups in total. The molecule has 0 aliphatic rings. The lowest BCUT2D eigenvalue weighted by molar-refractivity contribution is 0.0697. The minimum Gasteiger partial charge on any atom is -0.478 e. The molecule has 2 aromatic carbocycles. The van der Waals surface area contributed by atoms with E-state index in [1.54, 1.807) is 29.1 Å². The highest BCUT2D eigenvalue weighted by atomic mass is 79.9. The first-order valence-corrected chi connectivity index (χ1v) is 6.51. The maximum Gasteiger partial charge on any atom is 0.335 e. The number of carboxylic acids is 1. The van der Waals surface area contributed by atoms with Crippen molar-refractivity contribution in [2.75, 3.05) is 0 Å². The number of carbonyl (C=O) groups is 1. The molecule has 6 heteroatoms. The van der Waals surface area contributed by atoms with Gasteiger partial charge < -0.3 is 5.11 Å². The van der Waals surface area contributed by atoms with Gasteiger partial charge in [-0.05, 0) is 52.3 Å². The number of hydrogen-bond acceptors (Lipinski definition) is 2. The Morgan fingerprint density at radius 1 is 1.25 bits per heavy atom. The predicted octanol–water partition coefficient (Wildman–Crippen LogP) is 3.63. The van der Waals surface area contributed by atoms with E-state index in [2.05, 4.69) is 20.9 Å². The Kier molecular flexibility index (Phi) is 3.02. The van der Waals surface area contributed by atoms with Gasteiger partial charge in [-0.2, -0.15) is 0 Å². The summed E-state index contributed by atoms with van der Waals surface area (Å²) in [6.07, 6.45) is 1.54. The number of halogens is 2. The first-order chi connectivity index (χ1) is 9.56. The fraction of sp³-hybridized carbons (Fsp3) is 0. The number of aromatic carboxylic acids is 1. The fourth-order valence-electron chi connectivity index (χ4n) is 1.99. The van der Waals surface area contributed by atoms with Crippen LogP contribution < -0.4 is 0 Å². The van der Waals surface area contributed by atoms with Gasteiger partial charge in [0.25, 0.3) is 0 Å². The van der Waals surface area contributed by atoms with Crippen LogP contribution in [-0.4, -0.2) is 20.6 Å². The number of nitrogens with zero attached hydrogens (tertiary/aromatic N) is 2. The minimum absolute atomic E-state index is 0.171. The van der Waals surface area contributed by atoms with E-state index in [4.69, 9.17) is 5.11 Å². The maximum atomic E-state index is 13.6. The molecule has 0 spiro atoms. The Morgan fingerprint density at radius 2 is 2.05 bits per heavy atom. The van der Waals surface area contributed by atoms with Crippen LogP contribution in [0.3, 0.4) is 0 Å². The van der Waals surface area contributed by atoms with Crippen molar-refractivity contribution in [2.45, 2.75) is 0 Å². The highest BCUT2D eigenvalue weighted by molar-refractivity contribution is 9.10. The Hall–Kier alpha value is -2.21. The Morgan fingerprint density at radius 3 is 2.75 bits per heavy atom. The van der Waals surface area contributed by atoms with E-state index in [9.17, 15) is 9.18 Å². The van der Waals surface area contributed by atoms with E-state index in [0.717, 1.165) is 5.52 Å². The van der Waals surface area contributed by atoms with Crippen molar-refractivity contribution in [3.8, 4) is 5.69 Å². The molecule has 0 aliphatic carbocycles. The third kappa shape index (κ3) is 2.08. The summed E-state index contributed by atoms with van der Waals surface area (Å²) in [4.78, 5) is 15.1. The molecule has 0 radical (unpaired) electrons. The normalized spacial score (nSPS) is 10.9. The van der Waals surface area contributed by atoms with Crippen molar-refractivity contribution in [3.05, 3.63) is 58.6 Å². The van der Waals surface area contributed by atoms with Crippen LogP contribution in [0.25, 0.3) is 16.7 Å². The van der Waals surface area contributed by atoms with Crippen molar-refractivity contribution >= 4 is 32.9 Å². The first-order valence-electron chi connectivity index (χ1n) is 5.72. The monoisotopic (exact) mass is 334 g/mol. The summed E-state index contributed by atoms with van der Waals surface area (Å²) >= 11 is 3.10. The third-order valence-electron chi connectivity index (χ3n) is 2.98. The predicted molar refractivity (Wildman–Crippen MR) is 75.7 cm³/mol. The molecule has 100 valence electrons. The van der Waals surface area contributed by atoms with Crippen molar-refractivity contribution in [1.82, 2.24) is 9.55 Å². The van der Waals surface area contributed by atoms with E-state index in [-0.39, 0.29) is 11.4 Å². The summed E-state index contributed by atoms with van der Waals surface area (Å²) in [5, 5.41) is 8.95. The number of rotatable bonds is 2. The van der Waals surface area contributed by atoms with Crippen LogP contribution in [0.5, 0.6) is 0 Å². The highest BCUT2D eigenvalue weighted by Crippen LogP contribution is 2.23. The van der Waals surface area contributed by atoms with Crippen LogP contribution in [0.1, 0.15) is 10.4 Å². The Balaban J connectivity index is 2.17. The average Bonchev–Trinajstić information content (AvgIpc) is 2.84. The molecule has 0 bridgehead atoms. The minimum atomic E-state index is -1.00. The van der Waals surface area contributed by atoms with Gasteiger partial charge in [0.15, 0.2) is 0 Å². The van der Waals surface area contributed by atoms with Crippen molar-refractivity contribution in [2.24, 2.45) is 0 Å². The number of carboxylic acid groups (broad SMARTS) is 1. The topological polar surface area (TPSA) is 55.1 Å². The van der Waals surface area contributed by atoms with E-state index in [1.807, 2.05) is 0 Å². The number of imidazole rings is 1. The van der Waals surface area contributed by atoms with E-state index < -0.39 is 5.97 Å². The molecule has 0 amide bonds. The van der Waals surface area contributed by atoms with Gasteiger partial charge in [-0.25, -0.2) is 14.2 Å². The number of fused-ring (bicyclic) bond motifs is 1. The largest absolute Gasteiger partial charge is 0.478 e. The molecule has 0 atom stereocenters. The van der Waals surface area contributed by atoms with Gasteiger partial charge in [0.2, 0.25) is 0 Å². The first kappa shape index (κ1) is 12.8. The second-order valence-corrected chi connectivity index (χ2v) is 5.08. The van der Waals surface area contributed by atoms with Gasteiger partial charge in [-0.1, -0.05) is 0 Å². The maximum absolute atomic E-state index is 13.6. The van der Waals surface area contributed by atoms with Gasteiger partial charge in [0, 0.05) is 0 Å². The van der Waals surface area contributed by atoms with Crippen LogP contribution in [-0.2, 0) is 0 Å². The Labute approximate surface area is 121 Å². The molecule has 3 rings (SSSR count). The molecule has 0 saturated carbocycles. The van der Waals surface area contributed by atoms with E-state index in [0.29, 0.717) is 15.7 Å². The lowest BCUT2D eigenvalue weighted by Crippen LogP contribution is -1.96. The lowest BCUT2D eigenvalue weighted by Gasteiger charge is -2.05. The van der Waals surface area contributed by atoms with Gasteiger partial charge >= 0.3 is 5.97 Å². The van der Waals surface area contributed by atoms with Gasteiger partial charge in [-0.3, -0.25) is 4.57 Å². The quantitative estimate of drug-likeness (QED) is 0.778. The number of benzene rings is 2. The lowest BCUT2D eigenvalue weighted by atomic mass is 10.2. The Bertz CT molecular complexity index is 829. The molecule has 4 nitrogen and oxygen atoms in total. The average molecular weight is 335 g/mol. The number of hydrogen-bond donors (Lipinski definition) is 1. The van der Waals surface area contributed by atoms with Gasteiger partial charge in [-0.15, -0.1) is 0 Å². The highest BCUT2D eigenvalue weighted by Gasteiger charge is 2.10. The standard InChI is InChI=1S/C14H8BrFN2O2/c15-10-3-2-9(6-11(10)16)18-7-17-12-5-8(14(19)20)1-4-13(12)18/h1-7H,(H,19,20). The molecule has 0 saturated heterocycles. The molecular weight excluding hydrogens is 327 g/mol. The molecule has 0 unspecified atom stereocenters. The third-order valence-corrected chi connectivity index (χ3v) is 3.62. The molecule has 3 aromatic rings. The zero-order valence-electron chi connectivity index (χ0n) is 10.0. The molecular formula is C14H8BrFN2O2. The van der Waals surface area contributed by atoms with Crippen LogP contribution in [0.2, 0.25) is 0 Å². The van der Waals surface area contributed by atoms with Crippen LogP contribution in [0, 0.1) is 5.82 Å². The van der Waals surface area contributed by atoms with Crippen molar-refractivity contribution in [3.63, 3.8) is 0 Å². The fourth-order valence-corrected chi connectivity index (χ4v) is 2.23. The molecule has 0 aliphatic heterocycles. The van der Waals surface area contributed by atoms with Crippen LogP contribution in [0.4, 0.5) is 4.39 Å². The summed E-state index contributed by atoms with van der Waals surface area (Å²) in [6.45, 7) is 0. The molecule has 1 aromatic heterocycles. The molecule has 0 fully saturated rings. The zero-order valence-corrected chi connectivity index (χ0v) is 11.6. The van der Waals surface area contributed by atoms with Crippen molar-refractivity contribution < 1.29 is 14.3 Å². The summed E-state index contributed by atoms with van der Waals surface area (Å²) in [5.74, 6) is -1.37. The van der Waals surface area contributed by atoms with Gasteiger partial charge in [0.05, 0.1) is 26.8 Å². The summed E-state index contributed by atoms with van der Waals surface area (Å²) in [7, 11) is 0. The zero-order chi connectivity index (χ0) is 14.3. The second kappa shape index (κ2) is 4.72. The van der Waals surface area contributed by atoms with Gasteiger partial charge in [0.1, 0.15) is 12.1 Å².